The molecule has 0 aliphatic carbocycles. The Labute approximate surface area is 125 Å². The summed E-state index contributed by atoms with van der Waals surface area (Å²) in [6.45, 7) is 7.04. The molecule has 5 heteroatoms. The summed E-state index contributed by atoms with van der Waals surface area (Å²) < 4.78 is 5.46. The summed E-state index contributed by atoms with van der Waals surface area (Å²) in [5.41, 5.74) is 0.184. The van der Waals surface area contributed by atoms with Crippen LogP contribution < -0.4 is 10.1 Å². The van der Waals surface area contributed by atoms with Crippen molar-refractivity contribution < 1.29 is 19.4 Å². The third kappa shape index (κ3) is 7.34. The molecule has 1 rings (SSSR count). The number of carboxylic acids is 1. The van der Waals surface area contributed by atoms with Crippen molar-refractivity contribution in [2.75, 3.05) is 13.2 Å². The Balaban J connectivity index is 2.24. The van der Waals surface area contributed by atoms with E-state index >= 15 is 0 Å². The van der Waals surface area contributed by atoms with Gasteiger partial charge in [0.05, 0.1) is 12.2 Å². The molecule has 0 heterocycles. The number of hydrogen-bond donors (Lipinski definition) is 2. The first-order valence-corrected chi connectivity index (χ1v) is 7.01. The van der Waals surface area contributed by atoms with Crippen LogP contribution in [0, 0.1) is 5.41 Å². The van der Waals surface area contributed by atoms with Crippen molar-refractivity contribution in [1.82, 2.24) is 5.32 Å². The lowest BCUT2D eigenvalue weighted by Crippen LogP contribution is -2.29. The van der Waals surface area contributed by atoms with Gasteiger partial charge in [0.2, 0.25) is 5.91 Å². The highest BCUT2D eigenvalue weighted by Crippen LogP contribution is 2.17. The van der Waals surface area contributed by atoms with Crippen LogP contribution in [-0.4, -0.2) is 30.1 Å². The Hall–Kier alpha value is -2.04. The Bertz CT molecular complexity index is 491. The second kappa shape index (κ2) is 7.67. The lowest BCUT2D eigenvalue weighted by Gasteiger charge is -2.17. The van der Waals surface area contributed by atoms with Crippen molar-refractivity contribution in [3.63, 3.8) is 0 Å². The summed E-state index contributed by atoms with van der Waals surface area (Å²) in [5, 5.41) is 11.7. The van der Waals surface area contributed by atoms with Gasteiger partial charge in [0.25, 0.3) is 0 Å². The van der Waals surface area contributed by atoms with E-state index in [1.165, 1.54) is 12.1 Å². The molecule has 0 atom stereocenters. The second-order valence-corrected chi connectivity index (χ2v) is 6.12. The molecular formula is C16H23NO4. The highest BCUT2D eigenvalue weighted by molar-refractivity contribution is 5.88. The maximum atomic E-state index is 11.6. The molecule has 1 aromatic carbocycles. The molecule has 0 aromatic heterocycles. The topological polar surface area (TPSA) is 75.6 Å². The van der Waals surface area contributed by atoms with Crippen molar-refractivity contribution in [2.45, 2.75) is 33.6 Å². The first-order valence-electron chi connectivity index (χ1n) is 7.01. The van der Waals surface area contributed by atoms with Gasteiger partial charge in [-0.25, -0.2) is 4.79 Å². The third-order valence-electron chi connectivity index (χ3n) is 2.68. The monoisotopic (exact) mass is 293 g/mol. The fourth-order valence-corrected chi connectivity index (χ4v) is 1.75. The van der Waals surface area contributed by atoms with E-state index < -0.39 is 5.97 Å². The molecule has 0 aliphatic rings. The van der Waals surface area contributed by atoms with Gasteiger partial charge >= 0.3 is 5.97 Å². The summed E-state index contributed by atoms with van der Waals surface area (Å²) in [7, 11) is 0. The minimum Gasteiger partial charge on any atom is -0.494 e. The van der Waals surface area contributed by atoms with E-state index in [0.717, 1.165) is 0 Å². The number of amides is 1. The lowest BCUT2D eigenvalue weighted by molar-refractivity contribution is -0.122. The van der Waals surface area contributed by atoms with E-state index in [1.54, 1.807) is 12.1 Å². The minimum absolute atomic E-state index is 0.0160. The van der Waals surface area contributed by atoms with Crippen LogP contribution in [0.15, 0.2) is 24.3 Å². The van der Waals surface area contributed by atoms with E-state index in [0.29, 0.717) is 31.7 Å². The average Bonchev–Trinajstić information content (AvgIpc) is 2.36. The maximum Gasteiger partial charge on any atom is 0.335 e. The zero-order chi connectivity index (χ0) is 15.9. The van der Waals surface area contributed by atoms with Gasteiger partial charge in [-0.2, -0.15) is 0 Å². The van der Waals surface area contributed by atoms with Gasteiger partial charge in [0.15, 0.2) is 0 Å². The molecule has 5 nitrogen and oxygen atoms in total. The van der Waals surface area contributed by atoms with Gasteiger partial charge in [0, 0.05) is 13.0 Å². The summed E-state index contributed by atoms with van der Waals surface area (Å²) in [6, 6.07) is 6.36. The molecule has 116 valence electrons. The quantitative estimate of drug-likeness (QED) is 0.758. The first kappa shape index (κ1) is 17.0. The van der Waals surface area contributed by atoms with E-state index in [9.17, 15) is 9.59 Å². The number of aromatic carboxylic acids is 1. The van der Waals surface area contributed by atoms with Crippen LogP contribution in [-0.2, 0) is 4.79 Å². The fraction of sp³-hybridized carbons (Fsp3) is 0.500. The predicted molar refractivity (Wildman–Crippen MR) is 80.6 cm³/mol. The molecule has 1 amide bonds. The Morgan fingerprint density at radius 2 is 2.00 bits per heavy atom. The summed E-state index contributed by atoms with van der Waals surface area (Å²) in [6.07, 6.45) is 1.17. The van der Waals surface area contributed by atoms with Gasteiger partial charge in [-0.05, 0) is 30.0 Å². The van der Waals surface area contributed by atoms with Crippen LogP contribution in [0.2, 0.25) is 0 Å². The molecule has 0 spiro atoms. The van der Waals surface area contributed by atoms with Crippen LogP contribution in [0.4, 0.5) is 0 Å². The fourth-order valence-electron chi connectivity index (χ4n) is 1.75. The predicted octanol–water partition coefficient (Wildman–Crippen LogP) is 2.71. The van der Waals surface area contributed by atoms with Crippen LogP contribution in [0.1, 0.15) is 44.0 Å². The number of rotatable bonds is 7. The largest absolute Gasteiger partial charge is 0.494 e. The van der Waals surface area contributed by atoms with Crippen LogP contribution >= 0.6 is 0 Å². The van der Waals surface area contributed by atoms with Crippen LogP contribution in [0.3, 0.4) is 0 Å². The van der Waals surface area contributed by atoms with Gasteiger partial charge in [-0.3, -0.25) is 4.79 Å². The van der Waals surface area contributed by atoms with E-state index in [1.807, 2.05) is 20.8 Å². The number of nitrogens with one attached hydrogen (secondary N) is 1. The van der Waals surface area contributed by atoms with E-state index in [2.05, 4.69) is 5.32 Å². The highest BCUT2D eigenvalue weighted by Gasteiger charge is 2.15. The molecule has 1 aromatic rings. The SMILES string of the molecule is CC(C)(C)CC(=O)NCCCOc1cccc(C(=O)O)c1. The maximum absolute atomic E-state index is 11.6. The van der Waals surface area contributed by atoms with Gasteiger partial charge in [-0.15, -0.1) is 0 Å². The zero-order valence-electron chi connectivity index (χ0n) is 12.8. The summed E-state index contributed by atoms with van der Waals surface area (Å²) >= 11 is 0. The van der Waals surface area contributed by atoms with Crippen LogP contribution in [0.25, 0.3) is 0 Å². The molecular weight excluding hydrogens is 270 g/mol. The number of ether oxygens (including phenoxy) is 1. The van der Waals surface area contributed by atoms with Gasteiger partial charge < -0.3 is 15.2 Å². The molecule has 0 radical (unpaired) electrons. The molecule has 0 fully saturated rings. The lowest BCUT2D eigenvalue weighted by atomic mass is 9.92. The highest BCUT2D eigenvalue weighted by atomic mass is 16.5. The van der Waals surface area contributed by atoms with Gasteiger partial charge in [-0.1, -0.05) is 26.8 Å². The minimum atomic E-state index is -0.977. The summed E-state index contributed by atoms with van der Waals surface area (Å²) in [5.74, 6) is -0.416. The molecule has 0 bridgehead atoms. The Morgan fingerprint density at radius 1 is 1.29 bits per heavy atom. The smallest absolute Gasteiger partial charge is 0.335 e. The molecule has 0 aliphatic heterocycles. The standard InChI is InChI=1S/C16H23NO4/c1-16(2,3)11-14(18)17-8-5-9-21-13-7-4-6-12(10-13)15(19)20/h4,6-7,10H,5,8-9,11H2,1-3H3,(H,17,18)(H,19,20). The molecule has 2 N–H and O–H groups in total. The first-order chi connectivity index (χ1) is 9.78. The van der Waals surface area contributed by atoms with E-state index in [-0.39, 0.29) is 16.9 Å². The molecule has 0 saturated carbocycles. The number of carbonyl (C=O) groups excluding carboxylic acids is 1. The average molecular weight is 293 g/mol. The normalized spacial score (nSPS) is 11.0. The second-order valence-electron chi connectivity index (χ2n) is 6.12. The number of benzene rings is 1. The van der Waals surface area contributed by atoms with Crippen molar-refractivity contribution in [1.29, 1.82) is 0 Å². The number of carboxylic acid groups (broad SMARTS) is 1. The third-order valence-corrected chi connectivity index (χ3v) is 2.68. The van der Waals surface area contributed by atoms with Crippen molar-refractivity contribution in [3.8, 4) is 5.75 Å². The van der Waals surface area contributed by atoms with Crippen molar-refractivity contribution in [2.24, 2.45) is 5.41 Å². The summed E-state index contributed by atoms with van der Waals surface area (Å²) in [4.78, 5) is 22.4. The van der Waals surface area contributed by atoms with Crippen molar-refractivity contribution in [3.05, 3.63) is 29.8 Å². The Morgan fingerprint density at radius 3 is 2.62 bits per heavy atom. The zero-order valence-corrected chi connectivity index (χ0v) is 12.8. The molecule has 21 heavy (non-hydrogen) atoms. The molecule has 0 saturated heterocycles. The van der Waals surface area contributed by atoms with Crippen LogP contribution in [0.5, 0.6) is 5.75 Å². The van der Waals surface area contributed by atoms with E-state index in [4.69, 9.17) is 9.84 Å². The Kier molecular flexibility index (Phi) is 6.21. The van der Waals surface area contributed by atoms with Gasteiger partial charge in [0.1, 0.15) is 5.75 Å². The number of carbonyl (C=O) groups is 2. The van der Waals surface area contributed by atoms with Crippen molar-refractivity contribution >= 4 is 11.9 Å². The molecule has 0 unspecified atom stereocenters. The number of hydrogen-bond acceptors (Lipinski definition) is 3.